The minimum Gasteiger partial charge on any atom is -0.368 e. The summed E-state index contributed by atoms with van der Waals surface area (Å²) in [7, 11) is 0. The van der Waals surface area contributed by atoms with Crippen LogP contribution in [0.5, 0.6) is 0 Å². The van der Waals surface area contributed by atoms with Crippen LogP contribution in [-0.2, 0) is 9.59 Å². The van der Waals surface area contributed by atoms with E-state index in [1.165, 1.54) is 12.3 Å². The van der Waals surface area contributed by atoms with Gasteiger partial charge in [-0.3, -0.25) is 9.59 Å². The average Bonchev–Trinajstić information content (AvgIpc) is 3.29. The van der Waals surface area contributed by atoms with Gasteiger partial charge >= 0.3 is 6.03 Å². The van der Waals surface area contributed by atoms with Crippen molar-refractivity contribution in [3.05, 3.63) is 58.9 Å². The minimum atomic E-state index is -0.725. The summed E-state index contributed by atoms with van der Waals surface area (Å²) in [6.07, 6.45) is 4.35. The topological polar surface area (TPSA) is 108 Å². The van der Waals surface area contributed by atoms with Gasteiger partial charge in [0.25, 0.3) is 0 Å². The number of rotatable bonds is 3. The molecule has 0 bridgehead atoms. The van der Waals surface area contributed by atoms with E-state index >= 15 is 0 Å². The van der Waals surface area contributed by atoms with Gasteiger partial charge in [-0.15, -0.1) is 0 Å². The summed E-state index contributed by atoms with van der Waals surface area (Å²) >= 11 is 5.73. The highest BCUT2D eigenvalue weighted by Gasteiger charge is 2.31. The zero-order valence-corrected chi connectivity index (χ0v) is 18.9. The van der Waals surface area contributed by atoms with E-state index in [0.717, 1.165) is 17.9 Å². The third-order valence-electron chi connectivity index (χ3n) is 5.25. The summed E-state index contributed by atoms with van der Waals surface area (Å²) in [6.45, 7) is 2.43. The van der Waals surface area contributed by atoms with Crippen molar-refractivity contribution in [2.75, 3.05) is 16.8 Å². The van der Waals surface area contributed by atoms with E-state index in [-0.39, 0.29) is 11.7 Å². The Hall–Kier alpha value is -3.46. The summed E-state index contributed by atoms with van der Waals surface area (Å²) in [5.41, 5.74) is 7.04. The van der Waals surface area contributed by atoms with Crippen molar-refractivity contribution < 1.29 is 18.8 Å². The van der Waals surface area contributed by atoms with Gasteiger partial charge in [0, 0.05) is 42.0 Å². The third-order valence-corrected chi connectivity index (χ3v) is 5.50. The number of hydrazone groups is 1. The van der Waals surface area contributed by atoms with Gasteiger partial charge in [0.1, 0.15) is 11.9 Å². The van der Waals surface area contributed by atoms with Crippen LogP contribution in [0, 0.1) is 12.7 Å². The molecule has 1 unspecified atom stereocenters. The highest BCUT2D eigenvalue weighted by Crippen LogP contribution is 2.23. The second kappa shape index (κ2) is 10.9. The van der Waals surface area contributed by atoms with Crippen LogP contribution in [0.1, 0.15) is 31.2 Å². The fourth-order valence-electron chi connectivity index (χ4n) is 3.39. The Labute approximate surface area is 196 Å². The van der Waals surface area contributed by atoms with Gasteiger partial charge in [-0.25, -0.2) is 14.2 Å². The molecule has 3 N–H and O–H groups in total. The molecule has 10 heteroatoms. The molecule has 2 aromatic rings. The normalized spacial score (nSPS) is 17.4. The van der Waals surface area contributed by atoms with Crippen molar-refractivity contribution in [2.24, 2.45) is 10.8 Å². The van der Waals surface area contributed by atoms with Crippen LogP contribution in [0.3, 0.4) is 0 Å². The Kier molecular flexibility index (Phi) is 8.00. The number of aryl methyl sites for hydroxylation is 1. The number of nitrogens with zero attached hydrogens (tertiary/aromatic N) is 3. The first-order valence-corrected chi connectivity index (χ1v) is 10.9. The Balaban J connectivity index is 0.000000189. The quantitative estimate of drug-likeness (QED) is 0.701. The summed E-state index contributed by atoms with van der Waals surface area (Å²) in [5, 5.41) is 8.03. The van der Waals surface area contributed by atoms with E-state index < -0.39 is 18.0 Å². The molecule has 2 aromatic carbocycles. The number of anilines is 2. The fraction of sp³-hybridized carbons (Fsp3) is 0.304. The Bertz CT molecular complexity index is 1060. The summed E-state index contributed by atoms with van der Waals surface area (Å²) in [4.78, 5) is 36.3. The number of carbonyl (C=O) groups excluding carboxylic acids is 3. The number of hydrogen-bond donors (Lipinski definition) is 2. The molecule has 4 amide bonds. The third kappa shape index (κ3) is 6.29. The molecule has 2 heterocycles. The number of benzene rings is 2. The lowest BCUT2D eigenvalue weighted by atomic mass is 10.1. The van der Waals surface area contributed by atoms with Crippen LogP contribution in [0.25, 0.3) is 0 Å². The van der Waals surface area contributed by atoms with E-state index in [2.05, 4.69) is 10.4 Å². The largest absolute Gasteiger partial charge is 0.368 e. The predicted octanol–water partition coefficient (Wildman–Crippen LogP) is 4.07. The lowest BCUT2D eigenvalue weighted by molar-refractivity contribution is -0.121. The van der Waals surface area contributed by atoms with Crippen molar-refractivity contribution >= 4 is 47.0 Å². The smallest absolute Gasteiger partial charge is 0.343 e. The highest BCUT2D eigenvalue weighted by atomic mass is 35.5. The monoisotopic (exact) mass is 473 g/mol. The number of nitrogens with two attached hydrogens (primary N) is 1. The predicted molar refractivity (Wildman–Crippen MR) is 126 cm³/mol. The van der Waals surface area contributed by atoms with E-state index in [0.29, 0.717) is 41.3 Å². The second-order valence-electron chi connectivity index (χ2n) is 7.67. The van der Waals surface area contributed by atoms with Crippen molar-refractivity contribution in [2.45, 2.75) is 38.6 Å². The van der Waals surface area contributed by atoms with Gasteiger partial charge in [-0.2, -0.15) is 5.10 Å². The first-order valence-electron chi connectivity index (χ1n) is 10.5. The molecule has 8 nitrogen and oxygen atoms in total. The lowest BCUT2D eigenvalue weighted by Crippen LogP contribution is -2.44. The van der Waals surface area contributed by atoms with Crippen LogP contribution in [0.15, 0.2) is 47.6 Å². The number of amides is 4. The minimum absolute atomic E-state index is 0.101. The van der Waals surface area contributed by atoms with E-state index in [9.17, 15) is 18.8 Å². The van der Waals surface area contributed by atoms with Gasteiger partial charge in [-0.05, 0) is 61.7 Å². The number of urea groups is 1. The number of carbonyl (C=O) groups is 3. The van der Waals surface area contributed by atoms with Gasteiger partial charge in [0.2, 0.25) is 11.8 Å². The molecule has 0 saturated carbocycles. The zero-order chi connectivity index (χ0) is 24.0. The molecular formula is C23H25ClFN5O3. The van der Waals surface area contributed by atoms with Crippen LogP contribution < -0.4 is 16.0 Å². The Morgan fingerprint density at radius 1 is 1.18 bits per heavy atom. The maximum absolute atomic E-state index is 13.3. The van der Waals surface area contributed by atoms with Crippen molar-refractivity contribution in [3.8, 4) is 0 Å². The van der Waals surface area contributed by atoms with E-state index in [4.69, 9.17) is 17.3 Å². The number of nitrogens with one attached hydrogen (secondary N) is 1. The standard InChI is InChI=1S/C12H14FNO.C11H11ClN4O2/c1-9-5-6-10(8-11(9)13)14-7-3-2-4-12(14)15;12-7-1-3-8(4-2-7)15-11(18)16-9(10(13)17)5-6-14-16/h5-6,8H,2-4,7H2,1H3;1-4,6,9H,5H2,(H2,13,17)(H,15,18). The SMILES string of the molecule is Cc1ccc(N2CCCCC2=O)cc1F.NC(=O)C1CC=NN1C(=O)Nc1ccc(Cl)cc1. The molecule has 4 rings (SSSR count). The molecule has 0 aliphatic carbocycles. The Morgan fingerprint density at radius 3 is 2.55 bits per heavy atom. The van der Waals surface area contributed by atoms with Gasteiger partial charge < -0.3 is 16.0 Å². The molecule has 2 aliphatic rings. The summed E-state index contributed by atoms with van der Waals surface area (Å²) < 4.78 is 13.3. The molecule has 0 aromatic heterocycles. The van der Waals surface area contributed by atoms with E-state index in [1.807, 2.05) is 6.07 Å². The Morgan fingerprint density at radius 2 is 1.91 bits per heavy atom. The summed E-state index contributed by atoms with van der Waals surface area (Å²) in [6, 6.07) is 10.3. The molecular weight excluding hydrogens is 449 g/mol. The highest BCUT2D eigenvalue weighted by molar-refractivity contribution is 6.30. The molecule has 2 aliphatic heterocycles. The molecule has 1 atom stereocenters. The molecule has 174 valence electrons. The van der Waals surface area contributed by atoms with Crippen LogP contribution in [0.4, 0.5) is 20.6 Å². The van der Waals surface area contributed by atoms with Gasteiger partial charge in [0.15, 0.2) is 0 Å². The first-order chi connectivity index (χ1) is 15.8. The van der Waals surface area contributed by atoms with Crippen molar-refractivity contribution in [1.29, 1.82) is 0 Å². The fourth-order valence-corrected chi connectivity index (χ4v) is 3.51. The van der Waals surface area contributed by atoms with Crippen LogP contribution in [-0.4, -0.2) is 41.7 Å². The lowest BCUT2D eigenvalue weighted by Gasteiger charge is -2.26. The van der Waals surface area contributed by atoms with Gasteiger partial charge in [-0.1, -0.05) is 17.7 Å². The van der Waals surface area contributed by atoms with Crippen molar-refractivity contribution in [3.63, 3.8) is 0 Å². The first kappa shape index (κ1) is 24.2. The number of halogens is 2. The maximum atomic E-state index is 13.3. The number of primary amides is 1. The molecule has 33 heavy (non-hydrogen) atoms. The average molecular weight is 474 g/mol. The summed E-state index contributed by atoms with van der Waals surface area (Å²) in [5.74, 6) is -0.728. The van der Waals surface area contributed by atoms with Gasteiger partial charge in [0.05, 0.1) is 0 Å². The maximum Gasteiger partial charge on any atom is 0.343 e. The van der Waals surface area contributed by atoms with E-state index in [1.54, 1.807) is 42.2 Å². The van der Waals surface area contributed by atoms with Crippen LogP contribution >= 0.6 is 11.6 Å². The van der Waals surface area contributed by atoms with Crippen molar-refractivity contribution in [1.82, 2.24) is 5.01 Å². The molecule has 0 spiro atoms. The molecule has 0 radical (unpaired) electrons. The number of piperidine rings is 1. The number of hydrogen-bond acceptors (Lipinski definition) is 4. The van der Waals surface area contributed by atoms with Crippen LogP contribution in [0.2, 0.25) is 5.02 Å². The molecule has 1 saturated heterocycles. The second-order valence-corrected chi connectivity index (χ2v) is 8.11. The zero-order valence-electron chi connectivity index (χ0n) is 18.1. The molecule has 1 fully saturated rings.